The fourth-order valence-electron chi connectivity index (χ4n) is 2.33. The van der Waals surface area contributed by atoms with Gasteiger partial charge in [-0.1, -0.05) is 6.42 Å². The number of aliphatic hydroxyl groups is 1. The van der Waals surface area contributed by atoms with Crippen LogP contribution in [-0.4, -0.2) is 22.5 Å². The van der Waals surface area contributed by atoms with Gasteiger partial charge < -0.3 is 10.8 Å². The lowest BCUT2D eigenvalue weighted by molar-refractivity contribution is 0.159. The molecule has 1 aromatic rings. The zero-order valence-corrected chi connectivity index (χ0v) is 10.9. The maximum absolute atomic E-state index is 13.5. The molecule has 2 unspecified atom stereocenters. The van der Waals surface area contributed by atoms with Gasteiger partial charge >= 0.3 is 0 Å². The number of aliphatic hydroxyl groups excluding tert-OH is 1. The van der Waals surface area contributed by atoms with E-state index in [2.05, 4.69) is 0 Å². The number of halogens is 2. The fraction of sp³-hybridized carbons (Fsp3) is 0.538. The van der Waals surface area contributed by atoms with Crippen LogP contribution in [0, 0.1) is 11.6 Å². The molecule has 2 nitrogen and oxygen atoms in total. The lowest BCUT2D eigenvalue weighted by Crippen LogP contribution is -2.48. The summed E-state index contributed by atoms with van der Waals surface area (Å²) < 4.78 is 26.6. The van der Waals surface area contributed by atoms with Gasteiger partial charge in [-0.05, 0) is 37.5 Å². The van der Waals surface area contributed by atoms with Crippen LogP contribution in [0.2, 0.25) is 0 Å². The zero-order chi connectivity index (χ0) is 13.2. The van der Waals surface area contributed by atoms with Crippen LogP contribution in [0.4, 0.5) is 8.78 Å². The Hall–Kier alpha value is -0.650. The van der Waals surface area contributed by atoms with Gasteiger partial charge in [0.15, 0.2) is 0 Å². The number of nitrogens with two attached hydrogens (primary N) is 1. The largest absolute Gasteiger partial charge is 0.394 e. The molecular formula is C13H17F2NOS. The summed E-state index contributed by atoms with van der Waals surface area (Å²) in [4.78, 5) is 0.321. The Morgan fingerprint density at radius 1 is 1.44 bits per heavy atom. The molecule has 5 heteroatoms. The van der Waals surface area contributed by atoms with Crippen molar-refractivity contribution < 1.29 is 13.9 Å². The lowest BCUT2D eigenvalue weighted by atomic mass is 9.83. The van der Waals surface area contributed by atoms with E-state index in [9.17, 15) is 13.9 Å². The highest BCUT2D eigenvalue weighted by Gasteiger charge is 2.32. The minimum absolute atomic E-state index is 0.0598. The summed E-state index contributed by atoms with van der Waals surface area (Å²) in [7, 11) is 0. The third-order valence-electron chi connectivity index (χ3n) is 3.34. The summed E-state index contributed by atoms with van der Waals surface area (Å²) >= 11 is 1.32. The lowest BCUT2D eigenvalue weighted by Gasteiger charge is -2.36. The first-order chi connectivity index (χ1) is 8.52. The highest BCUT2D eigenvalue weighted by molar-refractivity contribution is 8.00. The van der Waals surface area contributed by atoms with E-state index in [-0.39, 0.29) is 11.9 Å². The summed E-state index contributed by atoms with van der Waals surface area (Å²) in [5.74, 6) is -0.838. The van der Waals surface area contributed by atoms with Crippen molar-refractivity contribution in [1.29, 1.82) is 0 Å². The van der Waals surface area contributed by atoms with Crippen molar-refractivity contribution in [2.24, 2.45) is 5.73 Å². The maximum atomic E-state index is 13.5. The second-order valence-corrected chi connectivity index (χ2v) is 6.27. The van der Waals surface area contributed by atoms with Crippen molar-refractivity contribution in [3.05, 3.63) is 29.8 Å². The molecule has 0 amide bonds. The van der Waals surface area contributed by atoms with Crippen molar-refractivity contribution in [2.45, 2.75) is 41.4 Å². The first-order valence-electron chi connectivity index (χ1n) is 6.04. The van der Waals surface area contributed by atoms with Crippen molar-refractivity contribution in [2.75, 3.05) is 6.61 Å². The number of rotatable bonds is 3. The fourth-order valence-corrected chi connectivity index (χ4v) is 3.75. The molecule has 1 saturated carbocycles. The van der Waals surface area contributed by atoms with Gasteiger partial charge in [0, 0.05) is 15.7 Å². The predicted molar refractivity (Wildman–Crippen MR) is 68.5 cm³/mol. The molecule has 1 aliphatic carbocycles. The number of hydrogen-bond donors (Lipinski definition) is 2. The summed E-state index contributed by atoms with van der Waals surface area (Å²) in [5, 5.41) is 9.40. The molecule has 2 rings (SSSR count). The normalized spacial score (nSPS) is 28.3. The van der Waals surface area contributed by atoms with Crippen LogP contribution in [0.5, 0.6) is 0 Å². The standard InChI is InChI=1S/C13H17F2NOS/c14-9-3-4-11(15)12(6-9)18-10-2-1-5-13(16,7-10)8-17/h3-4,6,10,17H,1-2,5,7-8,16H2. The monoisotopic (exact) mass is 273 g/mol. The molecule has 0 aromatic heterocycles. The Bertz CT molecular complexity index is 429. The smallest absolute Gasteiger partial charge is 0.136 e. The summed E-state index contributed by atoms with van der Waals surface area (Å²) in [5.41, 5.74) is 5.47. The average molecular weight is 273 g/mol. The van der Waals surface area contributed by atoms with E-state index in [1.165, 1.54) is 17.8 Å². The molecule has 100 valence electrons. The minimum Gasteiger partial charge on any atom is -0.394 e. The van der Waals surface area contributed by atoms with Gasteiger partial charge in [0.1, 0.15) is 11.6 Å². The van der Waals surface area contributed by atoms with Gasteiger partial charge in [-0.2, -0.15) is 0 Å². The molecule has 0 heterocycles. The van der Waals surface area contributed by atoms with E-state index in [0.29, 0.717) is 11.3 Å². The van der Waals surface area contributed by atoms with Gasteiger partial charge in [0.25, 0.3) is 0 Å². The van der Waals surface area contributed by atoms with Gasteiger partial charge in [0.2, 0.25) is 0 Å². The topological polar surface area (TPSA) is 46.2 Å². The van der Waals surface area contributed by atoms with Crippen molar-refractivity contribution in [3.8, 4) is 0 Å². The Kier molecular flexibility index (Phi) is 4.25. The number of thioether (sulfide) groups is 1. The van der Waals surface area contributed by atoms with E-state index in [1.807, 2.05) is 0 Å². The second kappa shape index (κ2) is 5.55. The second-order valence-electron chi connectivity index (χ2n) is 4.93. The molecule has 1 aliphatic rings. The summed E-state index contributed by atoms with van der Waals surface area (Å²) in [6.45, 7) is -0.0598. The van der Waals surface area contributed by atoms with Crippen LogP contribution in [0.25, 0.3) is 0 Å². The van der Waals surface area contributed by atoms with E-state index in [1.54, 1.807) is 0 Å². The molecule has 0 bridgehead atoms. The van der Waals surface area contributed by atoms with E-state index >= 15 is 0 Å². The van der Waals surface area contributed by atoms with E-state index < -0.39 is 17.2 Å². The van der Waals surface area contributed by atoms with Gasteiger partial charge in [0.05, 0.1) is 6.61 Å². The molecule has 0 spiro atoms. The van der Waals surface area contributed by atoms with Crippen LogP contribution in [0.15, 0.2) is 23.1 Å². The maximum Gasteiger partial charge on any atom is 0.136 e. The highest BCUT2D eigenvalue weighted by atomic mass is 32.2. The predicted octanol–water partition coefficient (Wildman–Crippen LogP) is 2.69. The summed E-state index contributed by atoms with van der Waals surface area (Å²) in [6, 6.07) is 3.47. The molecular weight excluding hydrogens is 256 g/mol. The Morgan fingerprint density at radius 3 is 2.94 bits per heavy atom. The van der Waals surface area contributed by atoms with Crippen LogP contribution in [0.1, 0.15) is 25.7 Å². The zero-order valence-electron chi connectivity index (χ0n) is 10.0. The van der Waals surface area contributed by atoms with Crippen LogP contribution >= 0.6 is 11.8 Å². The molecule has 0 radical (unpaired) electrons. The molecule has 2 atom stereocenters. The van der Waals surface area contributed by atoms with Crippen molar-refractivity contribution >= 4 is 11.8 Å². The Balaban J connectivity index is 2.07. The number of benzene rings is 1. The van der Waals surface area contributed by atoms with Crippen LogP contribution in [0.3, 0.4) is 0 Å². The van der Waals surface area contributed by atoms with Crippen molar-refractivity contribution in [3.63, 3.8) is 0 Å². The average Bonchev–Trinajstić information content (AvgIpc) is 2.34. The molecule has 3 N–H and O–H groups in total. The van der Waals surface area contributed by atoms with Crippen LogP contribution in [-0.2, 0) is 0 Å². The van der Waals surface area contributed by atoms with Gasteiger partial charge in [-0.25, -0.2) is 8.78 Å². The molecule has 0 aliphatic heterocycles. The first-order valence-corrected chi connectivity index (χ1v) is 6.92. The van der Waals surface area contributed by atoms with Crippen molar-refractivity contribution in [1.82, 2.24) is 0 Å². The molecule has 1 fully saturated rings. The molecule has 18 heavy (non-hydrogen) atoms. The highest BCUT2D eigenvalue weighted by Crippen LogP contribution is 2.38. The van der Waals surface area contributed by atoms with Crippen LogP contribution < -0.4 is 5.73 Å². The SMILES string of the molecule is NC1(CO)CCCC(Sc2cc(F)ccc2F)C1. The van der Waals surface area contributed by atoms with Gasteiger partial charge in [-0.3, -0.25) is 0 Å². The Labute approximate surface area is 110 Å². The molecule has 0 saturated heterocycles. The van der Waals surface area contributed by atoms with E-state index in [0.717, 1.165) is 31.4 Å². The van der Waals surface area contributed by atoms with Gasteiger partial charge in [-0.15, -0.1) is 11.8 Å². The molecule has 1 aromatic carbocycles. The minimum atomic E-state index is -0.570. The first kappa shape index (κ1) is 13.8. The number of hydrogen-bond acceptors (Lipinski definition) is 3. The third-order valence-corrected chi connectivity index (χ3v) is 4.64. The Morgan fingerprint density at radius 2 is 2.22 bits per heavy atom. The quantitative estimate of drug-likeness (QED) is 0.890. The third kappa shape index (κ3) is 3.22. The summed E-state index contributed by atoms with van der Waals surface area (Å²) in [6.07, 6.45) is 3.24. The van der Waals surface area contributed by atoms with E-state index in [4.69, 9.17) is 5.73 Å².